The third kappa shape index (κ3) is 5.44. The number of rotatable bonds is 7. The zero-order chi connectivity index (χ0) is 26.8. The van der Waals surface area contributed by atoms with Gasteiger partial charge in [0.05, 0.1) is 23.7 Å². The molecule has 9 heteroatoms. The average molecular weight is 525 g/mol. The number of piperidine rings is 1. The van der Waals surface area contributed by atoms with Crippen molar-refractivity contribution < 1.29 is 13.9 Å². The predicted octanol–water partition coefficient (Wildman–Crippen LogP) is 6.67. The van der Waals surface area contributed by atoms with E-state index < -0.39 is 0 Å². The van der Waals surface area contributed by atoms with E-state index in [9.17, 15) is 4.39 Å². The first-order valence-electron chi connectivity index (χ1n) is 13.0. The number of likely N-dealkylation sites (tertiary alicyclic amines) is 1. The lowest BCUT2D eigenvalue weighted by Gasteiger charge is -2.29. The monoisotopic (exact) mass is 524 g/mol. The fourth-order valence-corrected chi connectivity index (χ4v) is 5.01. The highest BCUT2D eigenvalue weighted by Crippen LogP contribution is 2.37. The largest absolute Gasteiger partial charge is 0.497 e. The SMILES string of the molecule is COc1cc(OC2CCN(C)CC2)c2c(N=Nc3ccc4c(ccn4Cc4cccc(F)c4)c3)ncnc2c1. The molecule has 198 valence electrons. The molecule has 0 radical (unpaired) electrons. The fourth-order valence-electron chi connectivity index (χ4n) is 5.01. The van der Waals surface area contributed by atoms with Gasteiger partial charge in [0.25, 0.3) is 0 Å². The third-order valence-electron chi connectivity index (χ3n) is 7.11. The van der Waals surface area contributed by atoms with Gasteiger partial charge in [0.1, 0.15) is 29.7 Å². The van der Waals surface area contributed by atoms with Crippen molar-refractivity contribution in [2.45, 2.75) is 25.5 Å². The fraction of sp³-hybridized carbons (Fsp3) is 0.267. The standard InChI is InChI=1S/C30H29FN6O2/c1-36-11-9-24(10-12-36)39-28-17-25(38-2)16-26-29(28)30(33-19-32-26)35-34-23-6-7-27-21(15-23)8-13-37(27)18-20-4-3-5-22(31)14-20/h3-8,13-17,19,24H,9-12,18H2,1-2H3. The van der Waals surface area contributed by atoms with Crippen molar-refractivity contribution in [3.05, 3.63) is 84.6 Å². The second-order valence-electron chi connectivity index (χ2n) is 9.85. The first-order chi connectivity index (χ1) is 19.1. The average Bonchev–Trinajstić information content (AvgIpc) is 3.34. The summed E-state index contributed by atoms with van der Waals surface area (Å²) in [6, 6.07) is 18.3. The number of nitrogens with zero attached hydrogens (tertiary/aromatic N) is 6. The third-order valence-corrected chi connectivity index (χ3v) is 7.11. The van der Waals surface area contributed by atoms with Crippen molar-refractivity contribution in [2.75, 3.05) is 27.2 Å². The summed E-state index contributed by atoms with van der Waals surface area (Å²) in [6.07, 6.45) is 5.46. The van der Waals surface area contributed by atoms with E-state index >= 15 is 0 Å². The Morgan fingerprint density at radius 3 is 2.69 bits per heavy atom. The highest BCUT2D eigenvalue weighted by atomic mass is 19.1. The van der Waals surface area contributed by atoms with Gasteiger partial charge in [-0.15, -0.1) is 10.2 Å². The van der Waals surface area contributed by atoms with Crippen LogP contribution < -0.4 is 9.47 Å². The molecule has 0 bridgehead atoms. The number of hydrogen-bond donors (Lipinski definition) is 0. The van der Waals surface area contributed by atoms with Gasteiger partial charge < -0.3 is 18.9 Å². The van der Waals surface area contributed by atoms with Gasteiger partial charge in [-0.1, -0.05) is 12.1 Å². The molecule has 0 amide bonds. The molecule has 0 aliphatic carbocycles. The topological polar surface area (TPSA) is 77.1 Å². The van der Waals surface area contributed by atoms with Crippen LogP contribution >= 0.6 is 0 Å². The molecule has 6 rings (SSSR count). The minimum absolute atomic E-state index is 0.0975. The molecule has 0 N–H and O–H groups in total. The van der Waals surface area contributed by atoms with Gasteiger partial charge in [0, 0.05) is 48.9 Å². The van der Waals surface area contributed by atoms with E-state index in [1.54, 1.807) is 19.2 Å². The Bertz CT molecular complexity index is 1660. The molecule has 1 aliphatic rings. The zero-order valence-electron chi connectivity index (χ0n) is 21.9. The van der Waals surface area contributed by atoms with Crippen LogP contribution in [0.4, 0.5) is 15.9 Å². The van der Waals surface area contributed by atoms with Crippen molar-refractivity contribution in [3.63, 3.8) is 0 Å². The summed E-state index contributed by atoms with van der Waals surface area (Å²) < 4.78 is 27.7. The highest BCUT2D eigenvalue weighted by molar-refractivity contribution is 5.94. The molecule has 8 nitrogen and oxygen atoms in total. The first kappa shape index (κ1) is 24.9. The summed E-state index contributed by atoms with van der Waals surface area (Å²) in [6.45, 7) is 2.56. The minimum Gasteiger partial charge on any atom is -0.497 e. The Morgan fingerprint density at radius 2 is 1.87 bits per heavy atom. The molecule has 0 spiro atoms. The van der Waals surface area contributed by atoms with Crippen molar-refractivity contribution >= 4 is 33.3 Å². The molecular formula is C30H29FN6O2. The number of azo groups is 1. The van der Waals surface area contributed by atoms with Crippen LogP contribution in [0.2, 0.25) is 0 Å². The van der Waals surface area contributed by atoms with E-state index in [-0.39, 0.29) is 11.9 Å². The van der Waals surface area contributed by atoms with Crippen LogP contribution in [0.3, 0.4) is 0 Å². The van der Waals surface area contributed by atoms with Crippen molar-refractivity contribution in [2.24, 2.45) is 10.2 Å². The lowest BCUT2D eigenvalue weighted by Crippen LogP contribution is -2.35. The Hall–Kier alpha value is -4.37. The van der Waals surface area contributed by atoms with Gasteiger partial charge >= 0.3 is 0 Å². The Kier molecular flexibility index (Phi) is 6.89. The predicted molar refractivity (Wildman–Crippen MR) is 149 cm³/mol. The highest BCUT2D eigenvalue weighted by Gasteiger charge is 2.21. The molecule has 1 fully saturated rings. The van der Waals surface area contributed by atoms with Crippen LogP contribution in [0.1, 0.15) is 18.4 Å². The number of aromatic nitrogens is 3. The van der Waals surface area contributed by atoms with Gasteiger partial charge in [-0.2, -0.15) is 0 Å². The molecule has 3 heterocycles. The molecule has 3 aromatic carbocycles. The van der Waals surface area contributed by atoms with E-state index in [0.29, 0.717) is 40.5 Å². The Balaban J connectivity index is 1.29. The molecule has 39 heavy (non-hydrogen) atoms. The number of halogens is 1. The number of ether oxygens (including phenoxy) is 2. The lowest BCUT2D eigenvalue weighted by molar-refractivity contribution is 0.115. The number of methoxy groups -OCH3 is 1. The van der Waals surface area contributed by atoms with Crippen LogP contribution in [-0.4, -0.2) is 52.8 Å². The summed E-state index contributed by atoms with van der Waals surface area (Å²) in [5.74, 6) is 1.52. The van der Waals surface area contributed by atoms with Crippen LogP contribution in [0, 0.1) is 5.82 Å². The van der Waals surface area contributed by atoms with Gasteiger partial charge in [0.2, 0.25) is 0 Å². The van der Waals surface area contributed by atoms with Gasteiger partial charge in [-0.05, 0) is 61.9 Å². The van der Waals surface area contributed by atoms with Crippen LogP contribution in [0.25, 0.3) is 21.8 Å². The van der Waals surface area contributed by atoms with Gasteiger partial charge in [-0.3, -0.25) is 0 Å². The second kappa shape index (κ2) is 10.8. The van der Waals surface area contributed by atoms with Crippen LogP contribution in [0.5, 0.6) is 11.5 Å². The zero-order valence-corrected chi connectivity index (χ0v) is 21.9. The molecule has 0 saturated carbocycles. The smallest absolute Gasteiger partial charge is 0.189 e. The summed E-state index contributed by atoms with van der Waals surface area (Å²) in [7, 11) is 3.75. The molecule has 1 aliphatic heterocycles. The maximum atomic E-state index is 13.6. The maximum absolute atomic E-state index is 13.6. The maximum Gasteiger partial charge on any atom is 0.189 e. The molecule has 2 aromatic heterocycles. The van der Waals surface area contributed by atoms with Crippen molar-refractivity contribution in [1.29, 1.82) is 0 Å². The second-order valence-corrected chi connectivity index (χ2v) is 9.85. The molecule has 0 atom stereocenters. The summed E-state index contributed by atoms with van der Waals surface area (Å²) in [5, 5.41) is 10.7. The normalized spacial score (nSPS) is 14.9. The van der Waals surface area contributed by atoms with Crippen molar-refractivity contribution in [3.8, 4) is 11.5 Å². The molecular weight excluding hydrogens is 495 g/mol. The Labute approximate surface area is 225 Å². The van der Waals surface area contributed by atoms with Gasteiger partial charge in [-0.25, -0.2) is 14.4 Å². The molecule has 1 saturated heterocycles. The van der Waals surface area contributed by atoms with Crippen molar-refractivity contribution in [1.82, 2.24) is 19.4 Å². The first-order valence-corrected chi connectivity index (χ1v) is 13.0. The molecule has 0 unspecified atom stereocenters. The van der Waals surface area contributed by atoms with E-state index in [1.807, 2.05) is 48.7 Å². The minimum atomic E-state index is -0.234. The number of benzene rings is 3. The van der Waals surface area contributed by atoms with Gasteiger partial charge in [0.15, 0.2) is 5.82 Å². The molecule has 5 aromatic rings. The summed E-state index contributed by atoms with van der Waals surface area (Å²) in [5.41, 5.74) is 3.32. The summed E-state index contributed by atoms with van der Waals surface area (Å²) >= 11 is 0. The number of hydrogen-bond acceptors (Lipinski definition) is 7. The Morgan fingerprint density at radius 1 is 1.00 bits per heavy atom. The van der Waals surface area contributed by atoms with E-state index in [2.05, 4.69) is 36.7 Å². The lowest BCUT2D eigenvalue weighted by atomic mass is 10.1. The van der Waals surface area contributed by atoms with E-state index in [4.69, 9.17) is 9.47 Å². The van der Waals surface area contributed by atoms with Crippen LogP contribution in [0.15, 0.2) is 83.4 Å². The van der Waals surface area contributed by atoms with Crippen LogP contribution in [-0.2, 0) is 6.54 Å². The van der Waals surface area contributed by atoms with E-state index in [1.165, 1.54) is 12.4 Å². The summed E-state index contributed by atoms with van der Waals surface area (Å²) in [4.78, 5) is 11.2. The van der Waals surface area contributed by atoms with E-state index in [0.717, 1.165) is 42.4 Å². The quantitative estimate of drug-likeness (QED) is 0.222. The number of fused-ring (bicyclic) bond motifs is 2.